The number of nitrogens with zero attached hydrogens (tertiary/aromatic N) is 1. The molecule has 31 heavy (non-hydrogen) atoms. The number of amides is 2. The van der Waals surface area contributed by atoms with Gasteiger partial charge in [0.2, 0.25) is 11.8 Å². The Labute approximate surface area is 184 Å². The van der Waals surface area contributed by atoms with Gasteiger partial charge in [0, 0.05) is 29.6 Å². The topological polar surface area (TPSA) is 74.6 Å². The van der Waals surface area contributed by atoms with E-state index < -0.39 is 0 Å². The Morgan fingerprint density at radius 3 is 2.68 bits per heavy atom. The highest BCUT2D eigenvalue weighted by Gasteiger charge is 2.30. The van der Waals surface area contributed by atoms with Crippen molar-refractivity contribution in [2.45, 2.75) is 70.1 Å². The number of benzene rings is 1. The van der Waals surface area contributed by atoms with Crippen LogP contribution < -0.4 is 10.6 Å². The molecule has 6 nitrogen and oxygen atoms in total. The minimum atomic E-state index is -0.320. The number of piperidine rings is 2. The molecule has 2 saturated heterocycles. The molecule has 0 aliphatic carbocycles. The van der Waals surface area contributed by atoms with Crippen LogP contribution in [-0.2, 0) is 9.59 Å². The lowest BCUT2D eigenvalue weighted by molar-refractivity contribution is -0.134. The van der Waals surface area contributed by atoms with E-state index in [1.807, 2.05) is 12.1 Å². The molecule has 2 N–H and O–H groups in total. The van der Waals surface area contributed by atoms with E-state index in [-0.39, 0.29) is 17.7 Å². The van der Waals surface area contributed by atoms with Crippen molar-refractivity contribution in [1.82, 2.24) is 10.2 Å². The minimum absolute atomic E-state index is 0.192. The Morgan fingerprint density at radius 1 is 1.03 bits per heavy atom. The van der Waals surface area contributed by atoms with E-state index in [2.05, 4.69) is 21.6 Å². The molecule has 6 heteroatoms. The molecule has 1 aromatic heterocycles. The molecule has 0 saturated carbocycles. The van der Waals surface area contributed by atoms with Gasteiger partial charge < -0.3 is 14.6 Å². The Bertz CT molecular complexity index is 885. The number of imide groups is 1. The molecule has 0 spiro atoms. The minimum Gasteiger partial charge on any atom is -0.464 e. The van der Waals surface area contributed by atoms with Gasteiger partial charge in [-0.25, -0.2) is 0 Å². The number of unbranched alkanes of at least 4 members (excludes halogenated alkanes) is 4. The monoisotopic (exact) mass is 425 g/mol. The Hall–Kier alpha value is -2.34. The molecule has 3 heterocycles. The first-order valence-electron chi connectivity index (χ1n) is 12.0. The third-order valence-corrected chi connectivity index (χ3v) is 6.65. The summed E-state index contributed by atoms with van der Waals surface area (Å²) in [4.78, 5) is 26.3. The molecule has 2 aromatic rings. The Balaban J connectivity index is 1.19. The van der Waals surface area contributed by atoms with Crippen molar-refractivity contribution in [1.29, 1.82) is 0 Å². The van der Waals surface area contributed by atoms with Gasteiger partial charge in [0.05, 0.1) is 12.2 Å². The maximum atomic E-state index is 12.2. The Morgan fingerprint density at radius 2 is 1.84 bits per heavy atom. The number of hydrogen-bond donors (Lipinski definition) is 2. The summed E-state index contributed by atoms with van der Waals surface area (Å²) in [5.41, 5.74) is 2.70. The molecule has 1 unspecified atom stereocenters. The molecular weight excluding hydrogens is 390 g/mol. The summed E-state index contributed by atoms with van der Waals surface area (Å²) in [6, 6.07) is 6.04. The van der Waals surface area contributed by atoms with Crippen molar-refractivity contribution in [3.63, 3.8) is 0 Å². The molecule has 1 atom stereocenters. The quantitative estimate of drug-likeness (QED) is 0.422. The second kappa shape index (κ2) is 10.8. The highest BCUT2D eigenvalue weighted by atomic mass is 16.3. The van der Waals surface area contributed by atoms with Crippen LogP contribution >= 0.6 is 0 Å². The van der Waals surface area contributed by atoms with Crippen LogP contribution in [0.5, 0.6) is 0 Å². The number of rotatable bonds is 10. The van der Waals surface area contributed by atoms with Crippen molar-refractivity contribution >= 4 is 28.5 Å². The fraction of sp³-hybridized carbons (Fsp3) is 0.600. The summed E-state index contributed by atoms with van der Waals surface area (Å²) in [6.45, 7) is 4.83. The standard InChI is InChI=1S/C25H35N3O3/c29-24-12-10-20(25(30)27-24)22-18-31-23-11-9-19(17-21(22)23)26-13-5-2-1-3-6-14-28-15-7-4-8-16-28/h9,11,17-18,20,26H,1-8,10,12-16H2,(H,27,29,30). The summed E-state index contributed by atoms with van der Waals surface area (Å²) in [5, 5.41) is 6.91. The largest absolute Gasteiger partial charge is 0.464 e. The molecular formula is C25H35N3O3. The van der Waals surface area contributed by atoms with Crippen LogP contribution in [-0.4, -0.2) is 42.9 Å². The molecule has 2 aliphatic heterocycles. The van der Waals surface area contributed by atoms with Gasteiger partial charge in [-0.2, -0.15) is 0 Å². The average Bonchev–Trinajstić information content (AvgIpc) is 3.19. The van der Waals surface area contributed by atoms with Gasteiger partial charge in [0.25, 0.3) is 0 Å². The average molecular weight is 426 g/mol. The second-order valence-electron chi connectivity index (χ2n) is 9.00. The van der Waals surface area contributed by atoms with Crippen LogP contribution in [0.1, 0.15) is 75.7 Å². The number of nitrogens with one attached hydrogen (secondary N) is 2. The van der Waals surface area contributed by atoms with E-state index in [0.29, 0.717) is 12.8 Å². The highest BCUT2D eigenvalue weighted by molar-refractivity contribution is 6.02. The van der Waals surface area contributed by atoms with Crippen molar-refractivity contribution in [2.75, 3.05) is 31.5 Å². The zero-order chi connectivity index (χ0) is 21.5. The number of furan rings is 1. The number of anilines is 1. The predicted molar refractivity (Wildman–Crippen MR) is 123 cm³/mol. The van der Waals surface area contributed by atoms with E-state index in [1.54, 1.807) is 6.26 Å². The van der Waals surface area contributed by atoms with E-state index in [4.69, 9.17) is 4.42 Å². The summed E-state index contributed by atoms with van der Waals surface area (Å²) in [6.07, 6.45) is 13.1. The molecule has 2 amide bonds. The smallest absolute Gasteiger partial charge is 0.234 e. The van der Waals surface area contributed by atoms with Gasteiger partial charge in [-0.1, -0.05) is 25.7 Å². The van der Waals surface area contributed by atoms with Crippen LogP contribution in [0.4, 0.5) is 5.69 Å². The fourth-order valence-corrected chi connectivity index (χ4v) is 4.83. The number of hydrogen-bond acceptors (Lipinski definition) is 5. The van der Waals surface area contributed by atoms with Gasteiger partial charge in [-0.15, -0.1) is 0 Å². The molecule has 2 fully saturated rings. The third kappa shape index (κ3) is 5.88. The van der Waals surface area contributed by atoms with Crippen LogP contribution in [0.25, 0.3) is 11.0 Å². The van der Waals surface area contributed by atoms with Gasteiger partial charge in [0.15, 0.2) is 0 Å². The molecule has 1 aromatic carbocycles. The van der Waals surface area contributed by atoms with Crippen LogP contribution in [0, 0.1) is 0 Å². The Kier molecular flexibility index (Phi) is 7.62. The van der Waals surface area contributed by atoms with Gasteiger partial charge in [-0.3, -0.25) is 14.9 Å². The lowest BCUT2D eigenvalue weighted by Gasteiger charge is -2.26. The first-order chi connectivity index (χ1) is 15.2. The van der Waals surface area contributed by atoms with E-state index in [9.17, 15) is 9.59 Å². The van der Waals surface area contributed by atoms with Crippen molar-refractivity contribution in [2.24, 2.45) is 0 Å². The molecule has 2 aliphatic rings. The number of fused-ring (bicyclic) bond motifs is 1. The predicted octanol–water partition coefficient (Wildman–Crippen LogP) is 4.80. The van der Waals surface area contributed by atoms with E-state index in [0.717, 1.165) is 35.2 Å². The number of carbonyl (C=O) groups excluding carboxylic acids is 2. The van der Waals surface area contributed by atoms with E-state index in [1.165, 1.54) is 64.6 Å². The van der Waals surface area contributed by atoms with Crippen molar-refractivity contribution in [3.05, 3.63) is 30.0 Å². The zero-order valence-corrected chi connectivity index (χ0v) is 18.5. The van der Waals surface area contributed by atoms with Gasteiger partial charge in [0.1, 0.15) is 5.58 Å². The van der Waals surface area contributed by atoms with Gasteiger partial charge in [-0.05, 0) is 69.9 Å². The molecule has 168 valence electrons. The van der Waals surface area contributed by atoms with Crippen molar-refractivity contribution < 1.29 is 14.0 Å². The zero-order valence-electron chi connectivity index (χ0n) is 18.5. The van der Waals surface area contributed by atoms with Crippen LogP contribution in [0.3, 0.4) is 0 Å². The fourth-order valence-electron chi connectivity index (χ4n) is 4.83. The van der Waals surface area contributed by atoms with Crippen LogP contribution in [0.2, 0.25) is 0 Å². The molecule has 0 radical (unpaired) electrons. The molecule has 0 bridgehead atoms. The van der Waals surface area contributed by atoms with Gasteiger partial charge >= 0.3 is 0 Å². The van der Waals surface area contributed by atoms with Crippen molar-refractivity contribution in [3.8, 4) is 0 Å². The van der Waals surface area contributed by atoms with Crippen LogP contribution in [0.15, 0.2) is 28.9 Å². The lowest BCUT2D eigenvalue weighted by atomic mass is 9.90. The second-order valence-corrected chi connectivity index (χ2v) is 9.00. The van der Waals surface area contributed by atoms with E-state index >= 15 is 0 Å². The summed E-state index contributed by atoms with van der Waals surface area (Å²) in [7, 11) is 0. The molecule has 4 rings (SSSR count). The SMILES string of the molecule is O=C1CCC(c2coc3ccc(NCCCCCCCN4CCCCC4)cc23)C(=O)N1. The number of carbonyl (C=O) groups is 2. The summed E-state index contributed by atoms with van der Waals surface area (Å²) in [5.74, 6) is -0.736. The maximum Gasteiger partial charge on any atom is 0.234 e. The highest BCUT2D eigenvalue weighted by Crippen LogP contribution is 2.33. The normalized spacial score (nSPS) is 20.2. The first kappa shape index (κ1) is 21.9. The number of likely N-dealkylation sites (tertiary alicyclic amines) is 1. The first-order valence-corrected chi connectivity index (χ1v) is 12.0. The third-order valence-electron chi connectivity index (χ3n) is 6.65. The maximum absolute atomic E-state index is 12.2. The summed E-state index contributed by atoms with van der Waals surface area (Å²) >= 11 is 0. The lowest BCUT2D eigenvalue weighted by Crippen LogP contribution is -2.39. The summed E-state index contributed by atoms with van der Waals surface area (Å²) < 4.78 is 5.66.